The molecule has 3 aliphatic rings. The smallest absolute Gasteiger partial charge is 0.240 e. The number of carbonyl (C=O) groups is 1. The number of fused-ring (bicyclic) bond motifs is 1. The lowest BCUT2D eigenvalue weighted by atomic mass is 9.79. The second kappa shape index (κ2) is 9.31. The molecule has 6 N–H and O–H groups in total. The van der Waals surface area contributed by atoms with Crippen molar-refractivity contribution in [1.82, 2.24) is 19.5 Å². The Balaban J connectivity index is 1.40. The predicted octanol–water partition coefficient (Wildman–Crippen LogP) is 2.53. The zero-order valence-electron chi connectivity index (χ0n) is 19.8. The molecule has 2 aliphatic carbocycles. The number of piperidine rings is 1. The van der Waals surface area contributed by atoms with E-state index in [-0.39, 0.29) is 30.0 Å². The molecule has 0 spiro atoms. The van der Waals surface area contributed by atoms with Gasteiger partial charge in [0.05, 0.1) is 23.5 Å². The topological polar surface area (TPSA) is 129 Å². The quantitative estimate of drug-likeness (QED) is 0.652. The van der Waals surface area contributed by atoms with Crippen LogP contribution in [0.5, 0.6) is 0 Å². The summed E-state index contributed by atoms with van der Waals surface area (Å²) in [6.45, 7) is 2.83. The van der Waals surface area contributed by atoms with Crippen molar-refractivity contribution in [2.75, 3.05) is 6.54 Å². The third kappa shape index (κ3) is 4.40. The number of nitrogens with zero attached hydrogens (tertiary/aromatic N) is 4. The zero-order chi connectivity index (χ0) is 23.1. The average molecular weight is 454 g/mol. The minimum Gasteiger partial charge on any atom is -0.333 e. The van der Waals surface area contributed by atoms with Crippen molar-refractivity contribution in [1.29, 1.82) is 0 Å². The summed E-state index contributed by atoms with van der Waals surface area (Å²) in [6.07, 6.45) is 12.4. The van der Waals surface area contributed by atoms with Crippen LogP contribution < -0.4 is 17.2 Å². The Bertz CT molecular complexity index is 1000. The molecular weight excluding hydrogens is 414 g/mol. The standard InChI is InChI=1S/C25H39N7O/c1-15-14-32-22(29-24(15)16-9-10-17(26)12-16)13-20(30-32)21-8-4-5-11-31(21)25(33)23(28)18-6-2-3-7-19(18)27/h13-14,16-19,21,23H,2-12,26-28H2,1H3/t16?,17-,18?,19?,21-,23?/m0/s1. The van der Waals surface area contributed by atoms with Crippen LogP contribution in [0.15, 0.2) is 12.3 Å². The minimum atomic E-state index is -0.531. The maximum Gasteiger partial charge on any atom is 0.240 e. The molecular formula is C25H39N7O. The van der Waals surface area contributed by atoms with Gasteiger partial charge in [-0.15, -0.1) is 0 Å². The fourth-order valence-electron chi connectivity index (χ4n) is 6.39. The van der Waals surface area contributed by atoms with E-state index in [9.17, 15) is 4.79 Å². The molecule has 5 rings (SSSR count). The maximum absolute atomic E-state index is 13.5. The van der Waals surface area contributed by atoms with Gasteiger partial charge in [0, 0.05) is 36.8 Å². The third-order valence-corrected chi connectivity index (χ3v) is 8.30. The summed E-state index contributed by atoms with van der Waals surface area (Å²) in [6, 6.07) is 1.77. The average Bonchev–Trinajstić information content (AvgIpc) is 3.43. The highest BCUT2D eigenvalue weighted by Gasteiger charge is 2.38. The summed E-state index contributed by atoms with van der Waals surface area (Å²) in [5.74, 6) is 0.525. The largest absolute Gasteiger partial charge is 0.333 e. The number of rotatable bonds is 4. The van der Waals surface area contributed by atoms with Crippen molar-refractivity contribution in [3.63, 3.8) is 0 Å². The van der Waals surface area contributed by atoms with Gasteiger partial charge in [0.15, 0.2) is 5.65 Å². The number of amides is 1. The van der Waals surface area contributed by atoms with Gasteiger partial charge in [-0.3, -0.25) is 4.79 Å². The lowest BCUT2D eigenvalue weighted by molar-refractivity contribution is -0.138. The van der Waals surface area contributed by atoms with E-state index in [2.05, 4.69) is 19.2 Å². The van der Waals surface area contributed by atoms with Gasteiger partial charge in [-0.1, -0.05) is 12.8 Å². The Morgan fingerprint density at radius 1 is 1.09 bits per heavy atom. The Morgan fingerprint density at radius 2 is 1.88 bits per heavy atom. The first-order chi connectivity index (χ1) is 15.9. The van der Waals surface area contributed by atoms with Gasteiger partial charge in [0.25, 0.3) is 0 Å². The molecule has 1 amide bonds. The molecule has 180 valence electrons. The molecule has 4 unspecified atom stereocenters. The Morgan fingerprint density at radius 3 is 2.64 bits per heavy atom. The van der Waals surface area contributed by atoms with Crippen molar-refractivity contribution < 1.29 is 4.79 Å². The molecule has 8 nitrogen and oxygen atoms in total. The number of aromatic nitrogens is 3. The highest BCUT2D eigenvalue weighted by Crippen LogP contribution is 2.36. The van der Waals surface area contributed by atoms with Crippen LogP contribution in [0.25, 0.3) is 5.65 Å². The highest BCUT2D eigenvalue weighted by atomic mass is 16.2. The summed E-state index contributed by atoms with van der Waals surface area (Å²) in [7, 11) is 0. The van der Waals surface area contributed by atoms with Crippen LogP contribution >= 0.6 is 0 Å². The van der Waals surface area contributed by atoms with Crippen LogP contribution in [0.3, 0.4) is 0 Å². The molecule has 2 aromatic rings. The lowest BCUT2D eigenvalue weighted by Gasteiger charge is -2.39. The van der Waals surface area contributed by atoms with Crippen LogP contribution in [0, 0.1) is 12.8 Å². The molecule has 0 aromatic carbocycles. The van der Waals surface area contributed by atoms with Gasteiger partial charge in [0.1, 0.15) is 0 Å². The highest BCUT2D eigenvalue weighted by molar-refractivity contribution is 5.82. The van der Waals surface area contributed by atoms with Gasteiger partial charge in [0.2, 0.25) is 5.91 Å². The first-order valence-corrected chi connectivity index (χ1v) is 12.9. The van der Waals surface area contributed by atoms with Crippen LogP contribution in [0.4, 0.5) is 0 Å². The fourth-order valence-corrected chi connectivity index (χ4v) is 6.39. The fraction of sp³-hybridized carbons (Fsp3) is 0.720. The first kappa shape index (κ1) is 22.7. The number of likely N-dealkylation sites (tertiary alicyclic amines) is 1. The maximum atomic E-state index is 13.5. The Labute approximate surface area is 196 Å². The van der Waals surface area contributed by atoms with Gasteiger partial charge in [-0.05, 0) is 69.8 Å². The predicted molar refractivity (Wildman–Crippen MR) is 129 cm³/mol. The van der Waals surface area contributed by atoms with E-state index in [1.807, 2.05) is 9.42 Å². The van der Waals surface area contributed by atoms with Crippen LogP contribution in [0.2, 0.25) is 0 Å². The normalized spacial score (nSPS) is 31.8. The van der Waals surface area contributed by atoms with Crippen molar-refractivity contribution >= 4 is 11.6 Å². The van der Waals surface area contributed by atoms with E-state index < -0.39 is 6.04 Å². The summed E-state index contributed by atoms with van der Waals surface area (Å²) >= 11 is 0. The van der Waals surface area contributed by atoms with Gasteiger partial charge in [-0.25, -0.2) is 9.50 Å². The number of hydrogen-bond acceptors (Lipinski definition) is 6. The van der Waals surface area contributed by atoms with Crippen molar-refractivity contribution in [2.45, 2.75) is 101 Å². The SMILES string of the molecule is Cc1cn2nc([C@@H]3CCCCN3C(=O)C(N)C3CCCCC3N)cc2nc1C1CC[C@H](N)C1. The summed E-state index contributed by atoms with van der Waals surface area (Å²) < 4.78 is 1.87. The number of aryl methyl sites for hydroxylation is 1. The summed E-state index contributed by atoms with van der Waals surface area (Å²) in [4.78, 5) is 20.5. The molecule has 3 heterocycles. The molecule has 6 atom stereocenters. The van der Waals surface area contributed by atoms with Crippen molar-refractivity contribution in [3.8, 4) is 0 Å². The van der Waals surface area contributed by atoms with Gasteiger partial charge >= 0.3 is 0 Å². The molecule has 2 aromatic heterocycles. The van der Waals surface area contributed by atoms with E-state index in [1.165, 1.54) is 0 Å². The monoisotopic (exact) mass is 453 g/mol. The second-order valence-corrected chi connectivity index (χ2v) is 10.6. The number of hydrogen-bond donors (Lipinski definition) is 3. The molecule has 33 heavy (non-hydrogen) atoms. The van der Waals surface area contributed by atoms with Crippen LogP contribution in [-0.4, -0.2) is 50.1 Å². The second-order valence-electron chi connectivity index (χ2n) is 10.6. The molecule has 2 saturated carbocycles. The Hall–Kier alpha value is -2.03. The van der Waals surface area contributed by atoms with Crippen molar-refractivity contribution in [3.05, 3.63) is 29.2 Å². The third-order valence-electron chi connectivity index (χ3n) is 8.30. The number of carbonyl (C=O) groups excluding carboxylic acids is 1. The van der Waals surface area contributed by atoms with Crippen LogP contribution in [-0.2, 0) is 4.79 Å². The van der Waals surface area contributed by atoms with E-state index in [0.717, 1.165) is 93.4 Å². The van der Waals surface area contributed by atoms with Crippen LogP contribution in [0.1, 0.15) is 93.1 Å². The summed E-state index contributed by atoms with van der Waals surface area (Å²) in [5.41, 5.74) is 23.1. The molecule has 3 fully saturated rings. The molecule has 0 bridgehead atoms. The molecule has 0 radical (unpaired) electrons. The van der Waals surface area contributed by atoms with E-state index >= 15 is 0 Å². The van der Waals surface area contributed by atoms with E-state index in [4.69, 9.17) is 27.3 Å². The van der Waals surface area contributed by atoms with Gasteiger partial charge < -0.3 is 22.1 Å². The zero-order valence-corrected chi connectivity index (χ0v) is 19.8. The first-order valence-electron chi connectivity index (χ1n) is 12.9. The molecule has 1 aliphatic heterocycles. The van der Waals surface area contributed by atoms with Gasteiger partial charge in [-0.2, -0.15) is 5.10 Å². The molecule has 1 saturated heterocycles. The Kier molecular flexibility index (Phi) is 6.42. The van der Waals surface area contributed by atoms with E-state index in [1.54, 1.807) is 0 Å². The minimum absolute atomic E-state index is 0.0189. The molecule has 8 heteroatoms. The van der Waals surface area contributed by atoms with E-state index in [0.29, 0.717) is 5.92 Å². The van der Waals surface area contributed by atoms with Crippen molar-refractivity contribution in [2.24, 2.45) is 23.1 Å². The summed E-state index contributed by atoms with van der Waals surface area (Å²) in [5, 5.41) is 4.87. The number of nitrogens with two attached hydrogens (primary N) is 3. The lowest BCUT2D eigenvalue weighted by Crippen LogP contribution is -2.54.